The number of hydrogen-bond donors (Lipinski definition) is 2. The van der Waals surface area contributed by atoms with Gasteiger partial charge in [0, 0.05) is 25.2 Å². The van der Waals surface area contributed by atoms with Crippen molar-refractivity contribution in [3.8, 4) is 5.75 Å². The van der Waals surface area contributed by atoms with E-state index in [2.05, 4.69) is 10.6 Å². The molecule has 1 saturated heterocycles. The number of alkyl halides is 3. The summed E-state index contributed by atoms with van der Waals surface area (Å²) in [6.45, 7) is 1.89. The third kappa shape index (κ3) is 4.63. The Hall–Kier alpha value is -2.58. The number of benzene rings is 2. The molecule has 3 rings (SSSR count). The number of nitrogens with one attached hydrogen (secondary N) is 2. The van der Waals surface area contributed by atoms with Crippen LogP contribution in [-0.2, 0) is 11.0 Å². The van der Waals surface area contributed by atoms with Crippen molar-refractivity contribution in [2.75, 3.05) is 38.6 Å². The summed E-state index contributed by atoms with van der Waals surface area (Å²) < 4.78 is 44.8. The van der Waals surface area contributed by atoms with Crippen LogP contribution in [0, 0.1) is 0 Å². The van der Waals surface area contributed by atoms with Crippen molar-refractivity contribution in [1.82, 2.24) is 10.2 Å². The Balaban J connectivity index is 1.76. The lowest BCUT2D eigenvalue weighted by atomic mass is 10.0. The van der Waals surface area contributed by atoms with Crippen LogP contribution < -0.4 is 15.4 Å². The third-order valence-corrected chi connectivity index (χ3v) is 4.71. The van der Waals surface area contributed by atoms with Crippen LogP contribution in [0.5, 0.6) is 5.75 Å². The smallest absolute Gasteiger partial charge is 0.418 e. The van der Waals surface area contributed by atoms with Crippen molar-refractivity contribution < 1.29 is 22.7 Å². The van der Waals surface area contributed by atoms with Gasteiger partial charge in [0.2, 0.25) is 5.91 Å². The Labute approximate surface area is 161 Å². The van der Waals surface area contributed by atoms with Gasteiger partial charge in [-0.2, -0.15) is 13.2 Å². The van der Waals surface area contributed by atoms with Gasteiger partial charge in [0.05, 0.1) is 30.9 Å². The summed E-state index contributed by atoms with van der Waals surface area (Å²) in [6.07, 6.45) is -4.53. The lowest BCUT2D eigenvalue weighted by molar-refractivity contribution is -0.137. The van der Waals surface area contributed by atoms with Crippen LogP contribution in [-0.4, -0.2) is 44.1 Å². The molecule has 1 aliphatic rings. The van der Waals surface area contributed by atoms with Crippen molar-refractivity contribution in [3.63, 3.8) is 0 Å². The molecule has 2 aromatic carbocycles. The lowest BCUT2D eigenvalue weighted by Crippen LogP contribution is -2.48. The summed E-state index contributed by atoms with van der Waals surface area (Å²) >= 11 is 0. The Morgan fingerprint density at radius 1 is 1.21 bits per heavy atom. The maximum Gasteiger partial charge on any atom is 0.418 e. The van der Waals surface area contributed by atoms with Gasteiger partial charge in [-0.3, -0.25) is 9.69 Å². The van der Waals surface area contributed by atoms with Crippen molar-refractivity contribution >= 4 is 11.6 Å². The van der Waals surface area contributed by atoms with E-state index in [0.717, 1.165) is 11.6 Å². The van der Waals surface area contributed by atoms with Crippen molar-refractivity contribution in [1.29, 1.82) is 0 Å². The number of hydrogen-bond acceptors (Lipinski definition) is 4. The van der Waals surface area contributed by atoms with Crippen molar-refractivity contribution in [2.45, 2.75) is 12.2 Å². The van der Waals surface area contributed by atoms with Crippen LogP contribution in [0.15, 0.2) is 48.5 Å². The van der Waals surface area contributed by atoms with Gasteiger partial charge in [-0.05, 0) is 18.2 Å². The minimum atomic E-state index is -4.53. The van der Waals surface area contributed by atoms with Crippen molar-refractivity contribution in [3.05, 3.63) is 59.7 Å². The van der Waals surface area contributed by atoms with E-state index in [0.29, 0.717) is 25.4 Å². The normalized spacial score (nSPS) is 17.9. The monoisotopic (exact) mass is 393 g/mol. The summed E-state index contributed by atoms with van der Waals surface area (Å²) in [7, 11) is 1.58. The highest BCUT2D eigenvalue weighted by Crippen LogP contribution is 2.35. The minimum absolute atomic E-state index is 0.0173. The number of carbonyl (C=O) groups excluding carboxylic acids is 1. The van der Waals surface area contributed by atoms with E-state index in [9.17, 15) is 18.0 Å². The minimum Gasteiger partial charge on any atom is -0.496 e. The molecule has 1 heterocycles. The number of rotatable bonds is 5. The molecule has 0 aliphatic carbocycles. The van der Waals surface area contributed by atoms with Crippen molar-refractivity contribution in [2.24, 2.45) is 0 Å². The van der Waals surface area contributed by atoms with Gasteiger partial charge in [0.1, 0.15) is 5.75 Å². The number of nitrogens with zero attached hydrogens (tertiary/aromatic N) is 1. The van der Waals surface area contributed by atoms with Gasteiger partial charge in [-0.25, -0.2) is 0 Å². The molecule has 1 atom stereocenters. The number of halogens is 3. The fourth-order valence-electron chi connectivity index (χ4n) is 3.40. The molecule has 0 bridgehead atoms. The number of methoxy groups -OCH3 is 1. The zero-order chi connectivity index (χ0) is 20.1. The van der Waals surface area contributed by atoms with E-state index in [4.69, 9.17) is 4.74 Å². The molecule has 28 heavy (non-hydrogen) atoms. The van der Waals surface area contributed by atoms with E-state index < -0.39 is 17.6 Å². The number of carbonyl (C=O) groups is 1. The van der Waals surface area contributed by atoms with E-state index >= 15 is 0 Å². The Kier molecular flexibility index (Phi) is 6.21. The number of anilines is 1. The predicted octanol–water partition coefficient (Wildman–Crippen LogP) is 3.30. The first-order chi connectivity index (χ1) is 13.4. The SMILES string of the molecule is COc1ccccc1C1CNCCN1CC(=O)Nc1ccccc1C(F)(F)F. The average molecular weight is 393 g/mol. The highest BCUT2D eigenvalue weighted by molar-refractivity contribution is 5.93. The molecule has 1 fully saturated rings. The van der Waals surface area contributed by atoms with Crippen LogP contribution in [0.3, 0.4) is 0 Å². The number of ether oxygens (including phenoxy) is 1. The number of para-hydroxylation sites is 2. The molecule has 8 heteroatoms. The number of amides is 1. The summed E-state index contributed by atoms with van der Waals surface area (Å²) in [5, 5.41) is 5.70. The average Bonchev–Trinajstić information content (AvgIpc) is 2.68. The second-order valence-corrected chi connectivity index (χ2v) is 6.52. The quantitative estimate of drug-likeness (QED) is 0.819. The Morgan fingerprint density at radius 3 is 2.68 bits per heavy atom. The predicted molar refractivity (Wildman–Crippen MR) is 100 cm³/mol. The first kappa shape index (κ1) is 20.2. The lowest BCUT2D eigenvalue weighted by Gasteiger charge is -2.36. The standard InChI is InChI=1S/C20H22F3N3O2/c1-28-18-9-5-2-6-14(18)17-12-24-10-11-26(17)13-19(27)25-16-8-4-3-7-15(16)20(21,22)23/h2-9,17,24H,10-13H2,1H3,(H,25,27). The third-order valence-electron chi connectivity index (χ3n) is 4.71. The topological polar surface area (TPSA) is 53.6 Å². The van der Waals surface area contributed by atoms with E-state index in [-0.39, 0.29) is 18.3 Å². The fraction of sp³-hybridized carbons (Fsp3) is 0.350. The van der Waals surface area contributed by atoms with Gasteiger partial charge >= 0.3 is 6.18 Å². The van der Waals surface area contributed by atoms with E-state index in [1.54, 1.807) is 7.11 Å². The molecule has 1 amide bonds. The molecule has 0 spiro atoms. The van der Waals surface area contributed by atoms with Crippen LogP contribution in [0.4, 0.5) is 18.9 Å². The zero-order valence-electron chi connectivity index (χ0n) is 15.4. The molecular weight excluding hydrogens is 371 g/mol. The molecule has 2 aromatic rings. The molecule has 0 aromatic heterocycles. The van der Waals surface area contributed by atoms with Gasteiger partial charge in [-0.1, -0.05) is 30.3 Å². The molecule has 0 saturated carbocycles. The zero-order valence-corrected chi connectivity index (χ0v) is 15.4. The van der Waals surface area contributed by atoms with Crippen LogP contribution in [0.25, 0.3) is 0 Å². The van der Waals surface area contributed by atoms with Gasteiger partial charge in [0.25, 0.3) is 0 Å². The summed E-state index contributed by atoms with van der Waals surface area (Å²) in [4.78, 5) is 14.5. The Bertz CT molecular complexity index is 826. The molecule has 5 nitrogen and oxygen atoms in total. The molecule has 150 valence electrons. The van der Waals surface area contributed by atoms with Gasteiger partial charge in [0.15, 0.2) is 0 Å². The highest BCUT2D eigenvalue weighted by atomic mass is 19.4. The molecule has 2 N–H and O–H groups in total. The maximum atomic E-state index is 13.1. The highest BCUT2D eigenvalue weighted by Gasteiger charge is 2.34. The van der Waals surface area contributed by atoms with E-state index in [1.165, 1.54) is 18.2 Å². The van der Waals surface area contributed by atoms with Crippen LogP contribution in [0.2, 0.25) is 0 Å². The Morgan fingerprint density at radius 2 is 1.93 bits per heavy atom. The second-order valence-electron chi connectivity index (χ2n) is 6.52. The molecular formula is C20H22F3N3O2. The number of piperazine rings is 1. The summed E-state index contributed by atoms with van der Waals surface area (Å²) in [6, 6.07) is 12.4. The fourth-order valence-corrected chi connectivity index (χ4v) is 3.40. The first-order valence-electron chi connectivity index (χ1n) is 8.94. The van der Waals surface area contributed by atoms with Crippen LogP contribution >= 0.6 is 0 Å². The van der Waals surface area contributed by atoms with Gasteiger partial charge < -0.3 is 15.4 Å². The molecule has 1 aliphatic heterocycles. The van der Waals surface area contributed by atoms with E-state index in [1.807, 2.05) is 29.2 Å². The summed E-state index contributed by atoms with van der Waals surface area (Å²) in [5.74, 6) is 0.225. The first-order valence-corrected chi connectivity index (χ1v) is 8.94. The maximum absolute atomic E-state index is 13.1. The van der Waals surface area contributed by atoms with Gasteiger partial charge in [-0.15, -0.1) is 0 Å². The summed E-state index contributed by atoms with van der Waals surface area (Å²) in [5.41, 5.74) is -0.158. The van der Waals surface area contributed by atoms with Crippen LogP contribution in [0.1, 0.15) is 17.2 Å². The second kappa shape index (κ2) is 8.62. The largest absolute Gasteiger partial charge is 0.496 e. The molecule has 1 unspecified atom stereocenters. The molecule has 0 radical (unpaired) electrons.